The number of carbonyl (C=O) groups excluding carboxylic acids is 3. The predicted molar refractivity (Wildman–Crippen MR) is 120 cm³/mol. The number of nitrogens with zero attached hydrogens (tertiary/aromatic N) is 2. The first-order chi connectivity index (χ1) is 16.3. The second-order valence-corrected chi connectivity index (χ2v) is 10.5. The minimum Gasteiger partial charge on any atom is -0.457 e. The average molecular weight is 467 g/mol. The van der Waals surface area contributed by atoms with Crippen LogP contribution in [0.1, 0.15) is 72.2 Å². The van der Waals surface area contributed by atoms with E-state index in [0.717, 1.165) is 54.5 Å². The van der Waals surface area contributed by atoms with Crippen LogP contribution in [-0.4, -0.2) is 64.5 Å². The van der Waals surface area contributed by atoms with E-state index in [9.17, 15) is 19.5 Å². The molecule has 4 atom stereocenters. The quantitative estimate of drug-likeness (QED) is 0.681. The first-order valence-corrected chi connectivity index (χ1v) is 12.2. The summed E-state index contributed by atoms with van der Waals surface area (Å²) in [7, 11) is 0. The van der Waals surface area contributed by atoms with Gasteiger partial charge in [0.05, 0.1) is 28.4 Å². The Hall–Kier alpha value is -2.71. The van der Waals surface area contributed by atoms with Crippen LogP contribution in [0.4, 0.5) is 0 Å². The maximum absolute atomic E-state index is 13.6. The van der Waals surface area contributed by atoms with Gasteiger partial charge in [-0.05, 0) is 63.1 Å². The third-order valence-corrected chi connectivity index (χ3v) is 8.89. The van der Waals surface area contributed by atoms with Crippen LogP contribution in [0.15, 0.2) is 23.4 Å². The topological polar surface area (TPSA) is 96.4 Å². The standard InChI is InChI=1S/C26H30N2O6/c1-14-18(5-6-19-20(14)12-33-24(19)31)22(29)11-28-16-3-4-17(28)10-26(9-16)7-8-27(25(26)32)21-13-34-23(30)15(21)2/h5-6,16-17,22,29H,3-4,7-13H2,1-2H3/t16-,17+,22-,26+/m0/s1. The molecule has 0 radical (unpaired) electrons. The fraction of sp³-hybridized carbons (Fsp3) is 0.577. The number of carbonyl (C=O) groups is 3. The van der Waals surface area contributed by atoms with Gasteiger partial charge in [-0.1, -0.05) is 6.07 Å². The number of esters is 2. The smallest absolute Gasteiger partial charge is 0.338 e. The summed E-state index contributed by atoms with van der Waals surface area (Å²) in [4.78, 5) is 41.4. The van der Waals surface area contributed by atoms with E-state index in [0.29, 0.717) is 24.2 Å². The summed E-state index contributed by atoms with van der Waals surface area (Å²) < 4.78 is 10.3. The Labute approximate surface area is 198 Å². The van der Waals surface area contributed by atoms with Gasteiger partial charge in [-0.2, -0.15) is 0 Å². The zero-order valence-electron chi connectivity index (χ0n) is 19.6. The zero-order chi connectivity index (χ0) is 23.8. The van der Waals surface area contributed by atoms with Gasteiger partial charge in [0.1, 0.15) is 13.2 Å². The lowest BCUT2D eigenvalue weighted by Crippen LogP contribution is -2.51. The number of cyclic esters (lactones) is 2. The Balaban J connectivity index is 1.18. The minimum atomic E-state index is -0.664. The number of rotatable bonds is 4. The summed E-state index contributed by atoms with van der Waals surface area (Å²) in [5, 5.41) is 11.2. The Morgan fingerprint density at radius 2 is 1.76 bits per heavy atom. The average Bonchev–Trinajstić information content (AvgIpc) is 3.50. The van der Waals surface area contributed by atoms with Crippen LogP contribution < -0.4 is 0 Å². The largest absolute Gasteiger partial charge is 0.457 e. The first-order valence-electron chi connectivity index (χ1n) is 12.2. The number of likely N-dealkylation sites (tertiary alicyclic amines) is 1. The van der Waals surface area contributed by atoms with E-state index in [1.165, 1.54) is 0 Å². The Morgan fingerprint density at radius 3 is 2.44 bits per heavy atom. The number of aliphatic hydroxyl groups excluding tert-OH is 1. The number of hydrogen-bond acceptors (Lipinski definition) is 7. The number of piperidine rings is 1. The zero-order valence-corrected chi connectivity index (χ0v) is 19.6. The SMILES string of the molecule is CC1=C(N2CC[C@@]3(C[C@H]4CC[C@@H](C3)N4C[C@H](O)c3ccc4c(c3C)COC4=O)C2=O)COC1=O. The van der Waals surface area contributed by atoms with Crippen molar-refractivity contribution in [2.24, 2.45) is 5.41 Å². The second-order valence-electron chi connectivity index (χ2n) is 10.5. The van der Waals surface area contributed by atoms with Gasteiger partial charge in [0.25, 0.3) is 0 Å². The van der Waals surface area contributed by atoms with Crippen molar-refractivity contribution < 1.29 is 29.0 Å². The third kappa shape index (κ3) is 3.08. The maximum Gasteiger partial charge on any atom is 0.338 e. The minimum absolute atomic E-state index is 0.136. The number of ether oxygens (including phenoxy) is 2. The van der Waals surface area contributed by atoms with Gasteiger partial charge < -0.3 is 19.5 Å². The molecule has 5 heterocycles. The number of aliphatic hydroxyl groups is 1. The van der Waals surface area contributed by atoms with E-state index in [1.807, 2.05) is 13.0 Å². The van der Waals surface area contributed by atoms with Crippen molar-refractivity contribution in [2.45, 2.75) is 70.7 Å². The van der Waals surface area contributed by atoms with Gasteiger partial charge in [-0.15, -0.1) is 0 Å². The molecule has 5 aliphatic heterocycles. The molecular formula is C26H30N2O6. The van der Waals surface area contributed by atoms with Crippen LogP contribution in [0.2, 0.25) is 0 Å². The molecule has 1 aromatic rings. The van der Waals surface area contributed by atoms with E-state index < -0.39 is 6.10 Å². The molecule has 1 aromatic carbocycles. The van der Waals surface area contributed by atoms with Crippen LogP contribution in [0.3, 0.4) is 0 Å². The van der Waals surface area contributed by atoms with Crippen molar-refractivity contribution in [2.75, 3.05) is 19.7 Å². The summed E-state index contributed by atoms with van der Waals surface area (Å²) in [6.07, 6.45) is 3.78. The lowest BCUT2D eigenvalue weighted by atomic mass is 9.73. The summed E-state index contributed by atoms with van der Waals surface area (Å²) in [5.74, 6) is -0.491. The van der Waals surface area contributed by atoms with Gasteiger partial charge in [0.2, 0.25) is 5.91 Å². The molecule has 1 spiro atoms. The molecule has 3 fully saturated rings. The molecule has 5 aliphatic rings. The monoisotopic (exact) mass is 466 g/mol. The molecule has 1 N–H and O–H groups in total. The van der Waals surface area contributed by atoms with Crippen molar-refractivity contribution in [1.82, 2.24) is 9.80 Å². The molecule has 8 nitrogen and oxygen atoms in total. The van der Waals surface area contributed by atoms with Crippen molar-refractivity contribution in [3.05, 3.63) is 45.7 Å². The van der Waals surface area contributed by atoms with Gasteiger partial charge in [-0.3, -0.25) is 9.69 Å². The van der Waals surface area contributed by atoms with Gasteiger partial charge >= 0.3 is 11.9 Å². The number of hydrogen-bond donors (Lipinski definition) is 1. The van der Waals surface area contributed by atoms with Crippen molar-refractivity contribution >= 4 is 17.8 Å². The molecule has 0 saturated carbocycles. The molecule has 0 unspecified atom stereocenters. The highest BCUT2D eigenvalue weighted by molar-refractivity contribution is 5.94. The second kappa shape index (κ2) is 7.65. The number of amides is 1. The van der Waals surface area contributed by atoms with Crippen LogP contribution in [0.5, 0.6) is 0 Å². The highest BCUT2D eigenvalue weighted by atomic mass is 16.5. The van der Waals surface area contributed by atoms with Gasteiger partial charge in [0.15, 0.2) is 0 Å². The van der Waals surface area contributed by atoms with Crippen LogP contribution in [-0.2, 0) is 25.7 Å². The molecule has 1 amide bonds. The normalized spacial score (nSPS) is 31.5. The van der Waals surface area contributed by atoms with E-state index in [1.54, 1.807) is 17.9 Å². The first kappa shape index (κ1) is 21.8. The number of fused-ring (bicyclic) bond motifs is 3. The Morgan fingerprint density at radius 1 is 1.06 bits per heavy atom. The molecule has 180 valence electrons. The molecule has 2 bridgehead atoms. The molecular weight excluding hydrogens is 436 g/mol. The molecule has 34 heavy (non-hydrogen) atoms. The fourth-order valence-corrected chi connectivity index (χ4v) is 6.97. The summed E-state index contributed by atoms with van der Waals surface area (Å²) in [5.41, 5.74) is 4.13. The van der Waals surface area contributed by atoms with Crippen molar-refractivity contribution in [3.63, 3.8) is 0 Å². The Kier molecular flexibility index (Phi) is 4.90. The van der Waals surface area contributed by atoms with Gasteiger partial charge in [0, 0.05) is 30.7 Å². The fourth-order valence-electron chi connectivity index (χ4n) is 6.97. The summed E-state index contributed by atoms with van der Waals surface area (Å²) >= 11 is 0. The van der Waals surface area contributed by atoms with Crippen LogP contribution in [0.25, 0.3) is 0 Å². The van der Waals surface area contributed by atoms with Gasteiger partial charge in [-0.25, -0.2) is 9.59 Å². The summed E-state index contributed by atoms with van der Waals surface area (Å²) in [6.45, 7) is 5.29. The van der Waals surface area contributed by atoms with E-state index in [4.69, 9.17) is 9.47 Å². The lowest BCUT2D eigenvalue weighted by Gasteiger charge is -2.44. The Bertz CT molecular complexity index is 1130. The highest BCUT2D eigenvalue weighted by Crippen LogP contribution is 2.52. The van der Waals surface area contributed by atoms with E-state index in [2.05, 4.69) is 4.90 Å². The van der Waals surface area contributed by atoms with Crippen LogP contribution in [0, 0.1) is 12.3 Å². The van der Waals surface area contributed by atoms with Crippen LogP contribution >= 0.6 is 0 Å². The third-order valence-electron chi connectivity index (χ3n) is 8.89. The lowest BCUT2D eigenvalue weighted by molar-refractivity contribution is -0.140. The molecule has 3 saturated heterocycles. The van der Waals surface area contributed by atoms with Crippen molar-refractivity contribution in [3.8, 4) is 0 Å². The molecule has 6 rings (SSSR count). The highest BCUT2D eigenvalue weighted by Gasteiger charge is 2.56. The van der Waals surface area contributed by atoms with E-state index >= 15 is 0 Å². The predicted octanol–water partition coefficient (Wildman–Crippen LogP) is 2.38. The number of benzene rings is 1. The van der Waals surface area contributed by atoms with Crippen molar-refractivity contribution in [1.29, 1.82) is 0 Å². The van der Waals surface area contributed by atoms with E-state index in [-0.39, 0.29) is 48.6 Å². The molecule has 8 heteroatoms. The maximum atomic E-state index is 13.6. The molecule has 0 aliphatic carbocycles. The molecule has 0 aromatic heterocycles. The summed E-state index contributed by atoms with van der Waals surface area (Å²) in [6, 6.07) is 4.12.